The maximum atomic E-state index is 13.0. The van der Waals surface area contributed by atoms with E-state index in [0.717, 1.165) is 25.9 Å². The minimum atomic E-state index is -0.0609. The summed E-state index contributed by atoms with van der Waals surface area (Å²) in [5.74, 6) is 1.49. The lowest BCUT2D eigenvalue weighted by molar-refractivity contribution is -0.934. The molecule has 2 heterocycles. The zero-order valence-corrected chi connectivity index (χ0v) is 19.2. The van der Waals surface area contributed by atoms with Crippen LogP contribution >= 0.6 is 0 Å². The molecule has 0 bridgehead atoms. The van der Waals surface area contributed by atoms with Crippen molar-refractivity contribution >= 4 is 5.97 Å². The lowest BCUT2D eigenvalue weighted by Gasteiger charge is -2.46. The Morgan fingerprint density at radius 3 is 2.90 bits per heavy atom. The van der Waals surface area contributed by atoms with E-state index in [2.05, 4.69) is 26.8 Å². The smallest absolute Gasteiger partial charge is 0.315 e. The average molecular weight is 427 g/mol. The number of phenolic OH excluding ortho intramolecular Hbond substituents is 1. The topological polar surface area (TPSA) is 60.2 Å². The van der Waals surface area contributed by atoms with Crippen molar-refractivity contribution in [3.8, 4) is 11.5 Å². The molecule has 168 valence electrons. The second-order valence-electron chi connectivity index (χ2n) is 10.6. The van der Waals surface area contributed by atoms with Crippen LogP contribution in [0.4, 0.5) is 0 Å². The van der Waals surface area contributed by atoms with E-state index in [-0.39, 0.29) is 41.1 Å². The van der Waals surface area contributed by atoms with E-state index in [0.29, 0.717) is 11.7 Å². The Morgan fingerprint density at radius 1 is 1.32 bits per heavy atom. The van der Waals surface area contributed by atoms with Crippen molar-refractivity contribution in [2.75, 3.05) is 20.2 Å². The maximum Gasteiger partial charge on any atom is 0.315 e. The van der Waals surface area contributed by atoms with Crippen LogP contribution in [-0.4, -0.2) is 37.4 Å². The molecule has 1 saturated heterocycles. The van der Waals surface area contributed by atoms with E-state index in [4.69, 9.17) is 9.47 Å². The van der Waals surface area contributed by atoms with Crippen LogP contribution in [0.15, 0.2) is 23.8 Å². The highest BCUT2D eigenvalue weighted by Crippen LogP contribution is 2.53. The van der Waals surface area contributed by atoms with Gasteiger partial charge in [-0.1, -0.05) is 31.9 Å². The zero-order valence-electron chi connectivity index (χ0n) is 19.2. The predicted octanol–water partition coefficient (Wildman–Crippen LogP) is 3.22. The third-order valence-corrected chi connectivity index (χ3v) is 8.80. The van der Waals surface area contributed by atoms with E-state index >= 15 is 0 Å². The fourth-order valence-corrected chi connectivity index (χ4v) is 6.99. The van der Waals surface area contributed by atoms with Gasteiger partial charge in [0.25, 0.3) is 0 Å². The molecular weight excluding hydrogens is 390 g/mol. The van der Waals surface area contributed by atoms with Crippen molar-refractivity contribution in [3.05, 3.63) is 34.9 Å². The summed E-state index contributed by atoms with van der Waals surface area (Å²) in [6.07, 6.45) is 8.14. The number of methoxy groups -OCH3 is 1. The number of phenols is 1. The van der Waals surface area contributed by atoms with Crippen LogP contribution in [0.3, 0.4) is 0 Å². The summed E-state index contributed by atoms with van der Waals surface area (Å²) >= 11 is 0. The second kappa shape index (κ2) is 7.54. The predicted molar refractivity (Wildman–Crippen MR) is 118 cm³/mol. The highest BCUT2D eigenvalue weighted by Gasteiger charge is 2.53. The van der Waals surface area contributed by atoms with Gasteiger partial charge in [0.15, 0.2) is 11.5 Å². The highest BCUT2D eigenvalue weighted by atomic mass is 16.6. The Balaban J connectivity index is 1.40. The number of nitrogens with one attached hydrogen (secondary N) is 1. The van der Waals surface area contributed by atoms with Gasteiger partial charge in [-0.15, -0.1) is 0 Å². The van der Waals surface area contributed by atoms with Crippen molar-refractivity contribution in [1.29, 1.82) is 0 Å². The lowest BCUT2D eigenvalue weighted by Crippen LogP contribution is -3.13. The molecule has 0 radical (unpaired) electrons. The molecule has 5 rings (SSSR count). The molecule has 0 amide bonds. The summed E-state index contributed by atoms with van der Waals surface area (Å²) in [5, 5.41) is 10.2. The van der Waals surface area contributed by atoms with Gasteiger partial charge in [-0.05, 0) is 55.2 Å². The number of allylic oxidation sites excluding steroid dienone is 1. The monoisotopic (exact) mass is 426 g/mol. The molecule has 2 N–H and O–H groups in total. The number of quaternary nitrogens is 1. The molecule has 1 unspecified atom stereocenters. The molecule has 1 saturated carbocycles. The highest BCUT2D eigenvalue weighted by molar-refractivity contribution is 5.76. The van der Waals surface area contributed by atoms with Crippen LogP contribution in [0.25, 0.3) is 0 Å². The van der Waals surface area contributed by atoms with Crippen LogP contribution in [0, 0.1) is 23.2 Å². The summed E-state index contributed by atoms with van der Waals surface area (Å²) in [5.41, 5.74) is 4.19. The zero-order chi connectivity index (χ0) is 21.9. The van der Waals surface area contributed by atoms with Crippen LogP contribution in [0.2, 0.25) is 0 Å². The van der Waals surface area contributed by atoms with Crippen molar-refractivity contribution in [2.24, 2.45) is 23.2 Å². The number of rotatable bonds is 3. The van der Waals surface area contributed by atoms with Crippen LogP contribution < -0.4 is 9.64 Å². The van der Waals surface area contributed by atoms with Gasteiger partial charge in [-0.3, -0.25) is 4.79 Å². The molecule has 1 aromatic carbocycles. The number of ether oxygens (including phenoxy) is 2. The number of hydrogen-bond acceptors (Lipinski definition) is 4. The average Bonchev–Trinajstić information content (AvgIpc) is 3.02. The third-order valence-electron chi connectivity index (χ3n) is 8.80. The molecule has 2 fully saturated rings. The summed E-state index contributed by atoms with van der Waals surface area (Å²) in [7, 11) is 1.59. The second-order valence-corrected chi connectivity index (χ2v) is 10.6. The molecule has 5 heteroatoms. The Morgan fingerprint density at radius 2 is 2.13 bits per heavy atom. The van der Waals surface area contributed by atoms with Gasteiger partial charge < -0.3 is 19.5 Å². The summed E-state index contributed by atoms with van der Waals surface area (Å²) in [4.78, 5) is 14.4. The van der Waals surface area contributed by atoms with E-state index in [9.17, 15) is 9.90 Å². The molecular formula is C26H36NO4+. The molecule has 1 aromatic rings. The number of aromatic hydroxyl groups is 1. The van der Waals surface area contributed by atoms with E-state index in [1.54, 1.807) is 12.7 Å². The number of hydrogen-bond donors (Lipinski definition) is 2. The molecule has 5 nitrogen and oxygen atoms in total. The summed E-state index contributed by atoms with van der Waals surface area (Å²) in [6.45, 7) is 8.73. The molecule has 2 aliphatic heterocycles. The van der Waals surface area contributed by atoms with Gasteiger partial charge in [0.2, 0.25) is 0 Å². The van der Waals surface area contributed by atoms with E-state index in [1.807, 2.05) is 12.1 Å². The number of carbonyl (C=O) groups is 1. The van der Waals surface area contributed by atoms with Gasteiger partial charge in [0, 0.05) is 17.9 Å². The molecule has 2 aliphatic carbocycles. The molecule has 0 spiro atoms. The normalized spacial score (nSPS) is 39.1. The van der Waals surface area contributed by atoms with Crippen molar-refractivity contribution in [3.63, 3.8) is 0 Å². The Hall–Kier alpha value is -2.01. The first-order valence-corrected chi connectivity index (χ1v) is 12.0. The lowest BCUT2D eigenvalue weighted by atomic mass is 9.59. The van der Waals surface area contributed by atoms with Crippen LogP contribution in [-0.2, 0) is 16.0 Å². The number of fused-ring (bicyclic) bond motifs is 3. The van der Waals surface area contributed by atoms with Gasteiger partial charge in [-0.25, -0.2) is 0 Å². The van der Waals surface area contributed by atoms with E-state index < -0.39 is 0 Å². The maximum absolute atomic E-state index is 13.0. The molecule has 0 aromatic heterocycles. The molecule has 7 atom stereocenters. The van der Waals surface area contributed by atoms with E-state index in [1.165, 1.54) is 35.3 Å². The third kappa shape index (κ3) is 3.36. The van der Waals surface area contributed by atoms with Gasteiger partial charge in [-0.2, -0.15) is 0 Å². The minimum absolute atomic E-state index is 0.00414. The van der Waals surface area contributed by atoms with Crippen LogP contribution in [0.5, 0.6) is 11.5 Å². The number of carbonyl (C=O) groups excluding carboxylic acids is 1. The summed E-state index contributed by atoms with van der Waals surface area (Å²) in [6, 6.07) is 4.07. The quantitative estimate of drug-likeness (QED) is 0.576. The molecule has 4 aliphatic rings. The fourth-order valence-electron chi connectivity index (χ4n) is 6.99. The number of esters is 1. The Labute approximate surface area is 185 Å². The number of benzene rings is 1. The first-order chi connectivity index (χ1) is 14.8. The first kappa shape index (κ1) is 20.9. The Kier molecular flexibility index (Phi) is 5.08. The van der Waals surface area contributed by atoms with Crippen LogP contribution in [0.1, 0.15) is 63.6 Å². The Bertz CT molecular complexity index is 924. The van der Waals surface area contributed by atoms with Gasteiger partial charge in [0.1, 0.15) is 18.1 Å². The van der Waals surface area contributed by atoms with Gasteiger partial charge in [0.05, 0.1) is 20.2 Å². The van der Waals surface area contributed by atoms with Crippen molar-refractivity contribution in [1.82, 2.24) is 0 Å². The SMILES string of the molecule is COc1cc2c(cc1O)CC[NH+](C[C@@H]1C(=O)O[C@@H]3C[C@@]4(C)CCC[C@H](C)C4=C[C@H]13)[C@@H]2C. The van der Waals surface area contributed by atoms with Crippen molar-refractivity contribution in [2.45, 2.75) is 65.0 Å². The largest absolute Gasteiger partial charge is 0.504 e. The summed E-state index contributed by atoms with van der Waals surface area (Å²) < 4.78 is 11.3. The first-order valence-electron chi connectivity index (χ1n) is 12.0. The fraction of sp³-hybridized carbons (Fsp3) is 0.654. The van der Waals surface area contributed by atoms with Crippen molar-refractivity contribution < 1.29 is 24.3 Å². The molecule has 31 heavy (non-hydrogen) atoms. The minimum Gasteiger partial charge on any atom is -0.504 e. The standard InChI is InChI=1S/C26H35NO4/c1-15-6-5-8-26(3)13-24-19(11-21(15)26)20(25(29)31-24)14-27-9-7-17-10-22(28)23(30-4)12-18(17)16(27)2/h10-12,15-16,19-20,24,28H,5-9,13-14H2,1-4H3/p+1/t15-,16+,19+,20-,24+,26+/m0/s1. The van der Waals surface area contributed by atoms with Gasteiger partial charge >= 0.3 is 5.97 Å².